The molecule has 9 heteroatoms. The standard InChI is InChI=1S/C19H18BrNO6S/c1-25-18(23)10-7-8-13-15(10)16(19(24)26-2)17(28-13)21-14(22)9-27-12-6-4-3-5-11(12)20/h3-6,10H,7-9H2,1-2H3,(H,21,22). The smallest absolute Gasteiger partial charge is 0.341 e. The van der Waals surface area contributed by atoms with Crippen molar-refractivity contribution < 1.29 is 28.6 Å². The van der Waals surface area contributed by atoms with E-state index in [9.17, 15) is 14.4 Å². The number of benzene rings is 1. The minimum absolute atomic E-state index is 0.213. The average molecular weight is 468 g/mol. The van der Waals surface area contributed by atoms with Gasteiger partial charge in [0.1, 0.15) is 10.8 Å². The first-order valence-electron chi connectivity index (χ1n) is 8.45. The summed E-state index contributed by atoms with van der Waals surface area (Å²) in [6, 6.07) is 7.17. The van der Waals surface area contributed by atoms with Gasteiger partial charge in [-0.2, -0.15) is 0 Å². The van der Waals surface area contributed by atoms with Crippen molar-refractivity contribution in [2.45, 2.75) is 18.8 Å². The van der Waals surface area contributed by atoms with Crippen molar-refractivity contribution in [1.29, 1.82) is 0 Å². The van der Waals surface area contributed by atoms with Gasteiger partial charge in [-0.05, 0) is 46.5 Å². The highest BCUT2D eigenvalue weighted by molar-refractivity contribution is 9.10. The monoisotopic (exact) mass is 467 g/mol. The van der Waals surface area contributed by atoms with Crippen LogP contribution >= 0.6 is 27.3 Å². The highest BCUT2D eigenvalue weighted by Gasteiger charge is 2.38. The second-order valence-electron chi connectivity index (χ2n) is 6.02. The molecule has 0 spiro atoms. The first-order valence-corrected chi connectivity index (χ1v) is 10.1. The number of carbonyl (C=O) groups is 3. The summed E-state index contributed by atoms with van der Waals surface area (Å²) in [5.74, 6) is -1.43. The Hall–Kier alpha value is -2.39. The maximum atomic E-state index is 12.4. The van der Waals surface area contributed by atoms with Crippen LogP contribution in [-0.4, -0.2) is 38.7 Å². The second kappa shape index (κ2) is 8.74. The topological polar surface area (TPSA) is 90.9 Å². The van der Waals surface area contributed by atoms with E-state index in [1.807, 2.05) is 6.07 Å². The first kappa shape index (κ1) is 20.3. The van der Waals surface area contributed by atoms with E-state index in [0.29, 0.717) is 29.2 Å². The summed E-state index contributed by atoms with van der Waals surface area (Å²) in [7, 11) is 2.57. The number of carbonyl (C=O) groups excluding carboxylic acids is 3. The zero-order valence-electron chi connectivity index (χ0n) is 15.2. The number of amides is 1. The number of anilines is 1. The van der Waals surface area contributed by atoms with Crippen LogP contribution in [0.5, 0.6) is 5.75 Å². The maximum absolute atomic E-state index is 12.4. The lowest BCUT2D eigenvalue weighted by Crippen LogP contribution is -2.22. The Morgan fingerprint density at radius 1 is 1.21 bits per heavy atom. The van der Waals surface area contributed by atoms with Gasteiger partial charge < -0.3 is 19.5 Å². The largest absolute Gasteiger partial charge is 0.483 e. The highest BCUT2D eigenvalue weighted by atomic mass is 79.9. The molecule has 28 heavy (non-hydrogen) atoms. The third kappa shape index (κ3) is 4.05. The van der Waals surface area contributed by atoms with Gasteiger partial charge in [0.05, 0.1) is 30.2 Å². The van der Waals surface area contributed by atoms with Crippen LogP contribution < -0.4 is 10.1 Å². The van der Waals surface area contributed by atoms with Crippen molar-refractivity contribution >= 4 is 50.1 Å². The number of hydrogen-bond acceptors (Lipinski definition) is 7. The molecule has 1 amide bonds. The number of thiophene rings is 1. The minimum Gasteiger partial charge on any atom is -0.483 e. The van der Waals surface area contributed by atoms with Gasteiger partial charge in [-0.25, -0.2) is 4.79 Å². The molecule has 3 rings (SSSR count). The first-order chi connectivity index (χ1) is 13.5. The molecular weight excluding hydrogens is 450 g/mol. The Labute approximate surface area is 174 Å². The molecule has 0 bridgehead atoms. The summed E-state index contributed by atoms with van der Waals surface area (Å²) < 4.78 is 16.0. The number of hydrogen-bond donors (Lipinski definition) is 1. The van der Waals surface area contributed by atoms with Crippen molar-refractivity contribution in [2.75, 3.05) is 26.1 Å². The highest BCUT2D eigenvalue weighted by Crippen LogP contribution is 2.45. The van der Waals surface area contributed by atoms with E-state index >= 15 is 0 Å². The molecular formula is C19H18BrNO6S. The molecule has 0 radical (unpaired) electrons. The Balaban J connectivity index is 1.80. The Morgan fingerprint density at radius 2 is 1.96 bits per heavy atom. The fraction of sp³-hybridized carbons (Fsp3) is 0.316. The number of ether oxygens (including phenoxy) is 3. The number of methoxy groups -OCH3 is 2. The molecule has 1 aromatic carbocycles. The lowest BCUT2D eigenvalue weighted by atomic mass is 9.99. The number of aryl methyl sites for hydroxylation is 1. The summed E-state index contributed by atoms with van der Waals surface area (Å²) in [4.78, 5) is 37.7. The van der Waals surface area contributed by atoms with Gasteiger partial charge in [-0.15, -0.1) is 11.3 Å². The van der Waals surface area contributed by atoms with E-state index in [-0.39, 0.29) is 12.2 Å². The van der Waals surface area contributed by atoms with Gasteiger partial charge in [0.15, 0.2) is 6.61 Å². The number of fused-ring (bicyclic) bond motifs is 1. The van der Waals surface area contributed by atoms with E-state index in [1.165, 1.54) is 25.6 Å². The van der Waals surface area contributed by atoms with Crippen LogP contribution in [0.2, 0.25) is 0 Å². The molecule has 1 atom stereocenters. The molecule has 1 aliphatic carbocycles. The predicted molar refractivity (Wildman–Crippen MR) is 107 cm³/mol. The molecule has 2 aromatic rings. The average Bonchev–Trinajstić information content (AvgIpc) is 3.24. The van der Waals surface area contributed by atoms with Gasteiger partial charge in [-0.3, -0.25) is 9.59 Å². The zero-order chi connectivity index (χ0) is 20.3. The van der Waals surface area contributed by atoms with Gasteiger partial charge in [-0.1, -0.05) is 12.1 Å². The molecule has 1 N–H and O–H groups in total. The number of esters is 2. The van der Waals surface area contributed by atoms with Crippen molar-refractivity contribution in [3.05, 3.63) is 44.7 Å². The number of para-hydroxylation sites is 1. The van der Waals surface area contributed by atoms with Crippen molar-refractivity contribution in [3.8, 4) is 5.75 Å². The molecule has 1 unspecified atom stereocenters. The fourth-order valence-corrected chi connectivity index (χ4v) is 4.78. The zero-order valence-corrected chi connectivity index (χ0v) is 17.6. The fourth-order valence-electron chi connectivity index (χ4n) is 3.10. The molecule has 0 saturated carbocycles. The Kier molecular flexibility index (Phi) is 6.35. The number of nitrogens with one attached hydrogen (secondary N) is 1. The molecule has 0 saturated heterocycles. The van der Waals surface area contributed by atoms with E-state index in [4.69, 9.17) is 14.2 Å². The molecule has 7 nitrogen and oxygen atoms in total. The Morgan fingerprint density at radius 3 is 2.64 bits per heavy atom. The molecule has 0 fully saturated rings. The SMILES string of the molecule is COC(=O)c1c(NC(=O)COc2ccccc2Br)sc2c1C(C(=O)OC)CC2. The van der Waals surface area contributed by atoms with Gasteiger partial charge >= 0.3 is 11.9 Å². The van der Waals surface area contributed by atoms with Crippen molar-refractivity contribution in [1.82, 2.24) is 0 Å². The minimum atomic E-state index is -0.602. The van der Waals surface area contributed by atoms with Crippen molar-refractivity contribution in [2.24, 2.45) is 0 Å². The summed E-state index contributed by atoms with van der Waals surface area (Å²) in [6.07, 6.45) is 1.20. The molecule has 148 valence electrons. The third-order valence-electron chi connectivity index (χ3n) is 4.35. The molecule has 0 aliphatic heterocycles. The van der Waals surface area contributed by atoms with Crippen LogP contribution in [0, 0.1) is 0 Å². The van der Waals surface area contributed by atoms with Crippen LogP contribution in [0.25, 0.3) is 0 Å². The quantitative estimate of drug-likeness (QED) is 0.653. The molecule has 1 aliphatic rings. The van der Waals surface area contributed by atoms with Gasteiger partial charge in [0, 0.05) is 4.88 Å². The summed E-state index contributed by atoms with van der Waals surface area (Å²) in [5.41, 5.74) is 0.801. The van der Waals surface area contributed by atoms with Crippen LogP contribution in [-0.2, 0) is 25.5 Å². The van der Waals surface area contributed by atoms with E-state index in [2.05, 4.69) is 21.2 Å². The number of halogens is 1. The van der Waals surface area contributed by atoms with Gasteiger partial charge in [0.25, 0.3) is 5.91 Å². The van der Waals surface area contributed by atoms with Crippen LogP contribution in [0.3, 0.4) is 0 Å². The van der Waals surface area contributed by atoms with E-state index in [1.54, 1.807) is 18.2 Å². The van der Waals surface area contributed by atoms with Crippen molar-refractivity contribution in [3.63, 3.8) is 0 Å². The third-order valence-corrected chi connectivity index (χ3v) is 6.19. The van der Waals surface area contributed by atoms with Crippen LogP contribution in [0.1, 0.15) is 33.1 Å². The number of rotatable bonds is 6. The molecule has 1 aromatic heterocycles. The van der Waals surface area contributed by atoms with Crippen LogP contribution in [0.15, 0.2) is 28.7 Å². The van der Waals surface area contributed by atoms with Crippen LogP contribution in [0.4, 0.5) is 5.00 Å². The lowest BCUT2D eigenvalue weighted by Gasteiger charge is -2.12. The predicted octanol–water partition coefficient (Wildman–Crippen LogP) is 3.52. The second-order valence-corrected chi connectivity index (χ2v) is 7.98. The van der Waals surface area contributed by atoms with E-state index < -0.39 is 23.8 Å². The molecule has 1 heterocycles. The maximum Gasteiger partial charge on any atom is 0.341 e. The normalized spacial score (nSPS) is 14.9. The van der Waals surface area contributed by atoms with E-state index in [0.717, 1.165) is 9.35 Å². The van der Waals surface area contributed by atoms with Gasteiger partial charge in [0.2, 0.25) is 0 Å². The lowest BCUT2D eigenvalue weighted by molar-refractivity contribution is -0.142. The Bertz CT molecular complexity index is 925. The summed E-state index contributed by atoms with van der Waals surface area (Å²) in [5, 5.41) is 3.06. The summed E-state index contributed by atoms with van der Waals surface area (Å²) in [6.45, 7) is -0.230. The summed E-state index contributed by atoms with van der Waals surface area (Å²) >= 11 is 4.62.